The van der Waals surface area contributed by atoms with Crippen LogP contribution in [0.25, 0.3) is 0 Å². The Bertz CT molecular complexity index is 869. The van der Waals surface area contributed by atoms with Crippen LogP contribution in [0, 0.1) is 0 Å². The van der Waals surface area contributed by atoms with Crippen molar-refractivity contribution < 1.29 is 17.9 Å². The summed E-state index contributed by atoms with van der Waals surface area (Å²) < 4.78 is 33.2. The van der Waals surface area contributed by atoms with E-state index in [1.807, 2.05) is 0 Å². The highest BCUT2D eigenvalue weighted by Crippen LogP contribution is 2.30. The number of anilines is 1. The minimum atomic E-state index is -3.80. The average molecular weight is 361 g/mol. The quantitative estimate of drug-likeness (QED) is 0.846. The predicted octanol–water partition coefficient (Wildman–Crippen LogP) is 1.70. The molecule has 1 aromatic heterocycles. The number of carbonyl (C=O) groups is 1. The molecular weight excluding hydrogens is 342 g/mol. The van der Waals surface area contributed by atoms with Crippen LogP contribution < -0.4 is 14.4 Å². The second-order valence-corrected chi connectivity index (χ2v) is 7.40. The van der Waals surface area contributed by atoms with E-state index < -0.39 is 10.0 Å². The highest BCUT2D eigenvalue weighted by molar-refractivity contribution is 7.89. The van der Waals surface area contributed by atoms with Crippen LogP contribution in [-0.4, -0.2) is 33.0 Å². The van der Waals surface area contributed by atoms with Crippen LogP contribution in [0.15, 0.2) is 47.6 Å². The largest absolute Gasteiger partial charge is 0.495 e. The van der Waals surface area contributed by atoms with Gasteiger partial charge in [0.25, 0.3) is 0 Å². The van der Waals surface area contributed by atoms with Gasteiger partial charge in [0.2, 0.25) is 15.9 Å². The number of pyridine rings is 1. The monoisotopic (exact) mass is 361 g/mol. The van der Waals surface area contributed by atoms with E-state index in [0.717, 1.165) is 12.0 Å². The van der Waals surface area contributed by atoms with Crippen molar-refractivity contribution in [2.45, 2.75) is 24.3 Å². The first-order valence-corrected chi connectivity index (χ1v) is 9.36. The van der Waals surface area contributed by atoms with Crippen molar-refractivity contribution in [3.05, 3.63) is 48.3 Å². The molecule has 1 aliphatic rings. The normalized spacial score (nSPS) is 14.8. The molecule has 1 aliphatic heterocycles. The molecule has 1 amide bonds. The number of hydrogen-bond acceptors (Lipinski definition) is 5. The summed E-state index contributed by atoms with van der Waals surface area (Å²) in [6, 6.07) is 8.22. The van der Waals surface area contributed by atoms with Gasteiger partial charge in [-0.1, -0.05) is 0 Å². The summed E-state index contributed by atoms with van der Waals surface area (Å²) in [7, 11) is -2.39. The van der Waals surface area contributed by atoms with E-state index in [2.05, 4.69) is 9.71 Å². The van der Waals surface area contributed by atoms with Crippen molar-refractivity contribution in [2.24, 2.45) is 0 Å². The molecule has 2 heterocycles. The molecule has 1 aromatic carbocycles. The molecule has 132 valence electrons. The molecule has 0 atom stereocenters. The first-order valence-electron chi connectivity index (χ1n) is 7.88. The number of methoxy groups -OCH3 is 1. The van der Waals surface area contributed by atoms with Gasteiger partial charge in [-0.05, 0) is 42.3 Å². The maximum absolute atomic E-state index is 12.7. The fourth-order valence-electron chi connectivity index (χ4n) is 2.72. The molecule has 3 rings (SSSR count). The number of nitrogens with one attached hydrogen (secondary N) is 1. The Kier molecular flexibility index (Phi) is 5.00. The number of carbonyl (C=O) groups excluding carboxylic acids is 1. The van der Waals surface area contributed by atoms with Crippen molar-refractivity contribution in [1.29, 1.82) is 0 Å². The molecular formula is C17H19N3O4S. The molecule has 0 spiro atoms. The van der Waals surface area contributed by atoms with Crippen molar-refractivity contribution in [2.75, 3.05) is 18.6 Å². The van der Waals surface area contributed by atoms with Gasteiger partial charge in [-0.2, -0.15) is 0 Å². The molecule has 0 saturated carbocycles. The maximum Gasteiger partial charge on any atom is 0.244 e. The molecule has 0 radical (unpaired) electrons. The van der Waals surface area contributed by atoms with Crippen LogP contribution in [0.5, 0.6) is 5.75 Å². The van der Waals surface area contributed by atoms with Gasteiger partial charge in [-0.15, -0.1) is 0 Å². The lowest BCUT2D eigenvalue weighted by atomic mass is 10.3. The van der Waals surface area contributed by atoms with E-state index in [4.69, 9.17) is 4.74 Å². The van der Waals surface area contributed by atoms with Crippen LogP contribution in [0.3, 0.4) is 0 Å². The number of amides is 1. The molecule has 1 saturated heterocycles. The molecule has 0 bridgehead atoms. The van der Waals surface area contributed by atoms with Crippen LogP contribution in [-0.2, 0) is 21.4 Å². The first-order chi connectivity index (χ1) is 12.0. The Morgan fingerprint density at radius 3 is 2.64 bits per heavy atom. The molecule has 0 unspecified atom stereocenters. The van der Waals surface area contributed by atoms with Crippen LogP contribution in [0.4, 0.5) is 5.69 Å². The van der Waals surface area contributed by atoms with Crippen LogP contribution in [0.1, 0.15) is 18.4 Å². The Morgan fingerprint density at radius 2 is 2.00 bits per heavy atom. The van der Waals surface area contributed by atoms with Gasteiger partial charge < -0.3 is 9.64 Å². The van der Waals surface area contributed by atoms with E-state index in [1.54, 1.807) is 41.6 Å². The lowest BCUT2D eigenvalue weighted by Crippen LogP contribution is -2.26. The third-order valence-electron chi connectivity index (χ3n) is 4.04. The summed E-state index contributed by atoms with van der Waals surface area (Å²) in [5.74, 6) is 0.232. The van der Waals surface area contributed by atoms with Gasteiger partial charge in [-0.3, -0.25) is 9.78 Å². The van der Waals surface area contributed by atoms with Gasteiger partial charge in [0.1, 0.15) is 10.6 Å². The zero-order valence-corrected chi connectivity index (χ0v) is 14.6. The van der Waals surface area contributed by atoms with Crippen molar-refractivity contribution >= 4 is 21.6 Å². The SMILES string of the molecule is COc1ccc(N2CCCC2=O)cc1S(=O)(=O)NCc1ccncc1. The Labute approximate surface area is 146 Å². The Morgan fingerprint density at radius 1 is 1.24 bits per heavy atom. The molecule has 7 nitrogen and oxygen atoms in total. The number of hydrogen-bond donors (Lipinski definition) is 1. The zero-order chi connectivity index (χ0) is 17.9. The van der Waals surface area contributed by atoms with E-state index in [-0.39, 0.29) is 23.1 Å². The van der Waals surface area contributed by atoms with Gasteiger partial charge >= 0.3 is 0 Å². The first kappa shape index (κ1) is 17.4. The lowest BCUT2D eigenvalue weighted by molar-refractivity contribution is -0.117. The number of sulfonamides is 1. The summed E-state index contributed by atoms with van der Waals surface area (Å²) in [5.41, 5.74) is 1.36. The third kappa shape index (κ3) is 3.80. The molecule has 0 aliphatic carbocycles. The van der Waals surface area contributed by atoms with Crippen molar-refractivity contribution in [3.63, 3.8) is 0 Å². The third-order valence-corrected chi connectivity index (χ3v) is 5.46. The van der Waals surface area contributed by atoms with Crippen LogP contribution in [0.2, 0.25) is 0 Å². The van der Waals surface area contributed by atoms with Crippen molar-refractivity contribution in [3.8, 4) is 5.75 Å². The zero-order valence-electron chi connectivity index (χ0n) is 13.8. The second kappa shape index (κ2) is 7.20. The van der Waals surface area contributed by atoms with Gasteiger partial charge in [0, 0.05) is 37.6 Å². The molecule has 8 heteroatoms. The molecule has 1 N–H and O–H groups in total. The Balaban J connectivity index is 1.89. The maximum atomic E-state index is 12.7. The van der Waals surface area contributed by atoms with Gasteiger partial charge in [0.05, 0.1) is 7.11 Å². The number of benzene rings is 1. The minimum absolute atomic E-state index is 0.00161. The van der Waals surface area contributed by atoms with E-state index >= 15 is 0 Å². The fraction of sp³-hybridized carbons (Fsp3) is 0.294. The predicted molar refractivity (Wildman–Crippen MR) is 92.8 cm³/mol. The van der Waals surface area contributed by atoms with Crippen molar-refractivity contribution in [1.82, 2.24) is 9.71 Å². The Hall–Kier alpha value is -2.45. The topological polar surface area (TPSA) is 88.6 Å². The number of ether oxygens (including phenoxy) is 1. The second-order valence-electron chi connectivity index (χ2n) is 5.66. The average Bonchev–Trinajstić information content (AvgIpc) is 3.06. The lowest BCUT2D eigenvalue weighted by Gasteiger charge is -2.18. The summed E-state index contributed by atoms with van der Waals surface area (Å²) in [5, 5.41) is 0. The van der Waals surface area contributed by atoms with E-state index in [9.17, 15) is 13.2 Å². The summed E-state index contributed by atoms with van der Waals surface area (Å²) in [6.07, 6.45) is 4.45. The summed E-state index contributed by atoms with van der Waals surface area (Å²) >= 11 is 0. The number of nitrogens with zero attached hydrogens (tertiary/aromatic N) is 2. The van der Waals surface area contributed by atoms with E-state index in [0.29, 0.717) is 18.7 Å². The summed E-state index contributed by atoms with van der Waals surface area (Å²) in [4.78, 5) is 17.4. The number of rotatable bonds is 6. The van der Waals surface area contributed by atoms with Gasteiger partial charge in [-0.25, -0.2) is 13.1 Å². The van der Waals surface area contributed by atoms with Crippen LogP contribution >= 0.6 is 0 Å². The molecule has 25 heavy (non-hydrogen) atoms. The molecule has 2 aromatic rings. The number of aromatic nitrogens is 1. The van der Waals surface area contributed by atoms with E-state index in [1.165, 1.54) is 13.2 Å². The highest BCUT2D eigenvalue weighted by Gasteiger charge is 2.25. The minimum Gasteiger partial charge on any atom is -0.495 e. The smallest absolute Gasteiger partial charge is 0.244 e. The standard InChI is InChI=1S/C17H19N3O4S/c1-24-15-5-4-14(20-10-2-3-17(20)21)11-16(15)25(22,23)19-12-13-6-8-18-9-7-13/h4-9,11,19H,2-3,10,12H2,1H3. The fourth-order valence-corrected chi connectivity index (χ4v) is 3.93. The van der Waals surface area contributed by atoms with Gasteiger partial charge in [0.15, 0.2) is 0 Å². The highest BCUT2D eigenvalue weighted by atomic mass is 32.2. The molecule has 1 fully saturated rings. The summed E-state index contributed by atoms with van der Waals surface area (Å²) in [6.45, 7) is 0.732.